The molecule has 0 spiro atoms. The van der Waals surface area contributed by atoms with Crippen LogP contribution in [0.15, 0.2) is 0 Å². The molecule has 1 atom stereocenters. The topological polar surface area (TPSA) is 35.2 Å². The maximum absolute atomic E-state index is 11.4. The summed E-state index contributed by atoms with van der Waals surface area (Å²) >= 11 is 0. The maximum atomic E-state index is 11.4. The van der Waals surface area contributed by atoms with Crippen molar-refractivity contribution in [2.75, 3.05) is 6.61 Å². The zero-order valence-electron chi connectivity index (χ0n) is 7.19. The fourth-order valence-electron chi connectivity index (χ4n) is 0.644. The summed E-state index contributed by atoms with van der Waals surface area (Å²) in [4.78, 5) is 0. The van der Waals surface area contributed by atoms with E-state index in [1.807, 2.05) is 13.8 Å². The number of alkyl halides is 3. The van der Waals surface area contributed by atoms with Crippen molar-refractivity contribution in [3.63, 3.8) is 0 Å². The van der Waals surface area contributed by atoms with Crippen molar-refractivity contribution in [1.82, 2.24) is 0 Å². The number of hydrogen-bond donors (Lipinski definition) is 1. The zero-order chi connectivity index (χ0) is 9.78. The molecule has 0 aromatic heterocycles. The second-order valence-corrected chi connectivity index (χ2v) is 2.99. The first-order chi connectivity index (χ1) is 5.33. The standard InChI is InChI=1S/C7H14F3NO/c1-5(2)6(11)3-4-12-7(8,9)10/h5-6H,3-4,11H2,1-2H3. The minimum absolute atomic E-state index is 0.182. The van der Waals surface area contributed by atoms with E-state index in [9.17, 15) is 13.2 Å². The van der Waals surface area contributed by atoms with E-state index < -0.39 is 6.36 Å². The molecule has 5 heteroatoms. The Morgan fingerprint density at radius 2 is 1.83 bits per heavy atom. The Labute approximate surface area is 69.9 Å². The minimum Gasteiger partial charge on any atom is -0.327 e. The van der Waals surface area contributed by atoms with Crippen molar-refractivity contribution in [2.24, 2.45) is 11.7 Å². The lowest BCUT2D eigenvalue weighted by Gasteiger charge is -2.15. The third-order valence-corrected chi connectivity index (χ3v) is 1.57. The normalized spacial score (nSPS) is 15.2. The number of nitrogens with two attached hydrogens (primary N) is 1. The summed E-state index contributed by atoms with van der Waals surface area (Å²) in [6.07, 6.45) is -4.30. The van der Waals surface area contributed by atoms with E-state index in [0.29, 0.717) is 0 Å². The summed E-state index contributed by atoms with van der Waals surface area (Å²) in [5.74, 6) is 0.182. The van der Waals surface area contributed by atoms with E-state index in [1.165, 1.54) is 0 Å². The Morgan fingerprint density at radius 1 is 1.33 bits per heavy atom. The first-order valence-electron chi connectivity index (χ1n) is 3.79. The van der Waals surface area contributed by atoms with Crippen LogP contribution >= 0.6 is 0 Å². The van der Waals surface area contributed by atoms with Gasteiger partial charge in [0.1, 0.15) is 0 Å². The summed E-state index contributed by atoms with van der Waals surface area (Å²) < 4.78 is 37.9. The van der Waals surface area contributed by atoms with Crippen molar-refractivity contribution in [3.05, 3.63) is 0 Å². The van der Waals surface area contributed by atoms with Gasteiger partial charge < -0.3 is 5.73 Å². The molecule has 2 N–H and O–H groups in total. The summed E-state index contributed by atoms with van der Waals surface area (Å²) in [6, 6.07) is -0.229. The predicted octanol–water partition coefficient (Wildman–Crippen LogP) is 1.90. The minimum atomic E-state index is -4.53. The second-order valence-electron chi connectivity index (χ2n) is 2.99. The molecule has 0 fully saturated rings. The Morgan fingerprint density at radius 3 is 2.17 bits per heavy atom. The van der Waals surface area contributed by atoms with Crippen LogP contribution in [0.2, 0.25) is 0 Å². The fourth-order valence-corrected chi connectivity index (χ4v) is 0.644. The average molecular weight is 185 g/mol. The van der Waals surface area contributed by atoms with Gasteiger partial charge >= 0.3 is 6.36 Å². The Balaban J connectivity index is 3.44. The van der Waals surface area contributed by atoms with Crippen molar-refractivity contribution in [1.29, 1.82) is 0 Å². The van der Waals surface area contributed by atoms with Gasteiger partial charge in [0.2, 0.25) is 0 Å². The van der Waals surface area contributed by atoms with Gasteiger partial charge in [-0.25, -0.2) is 0 Å². The zero-order valence-corrected chi connectivity index (χ0v) is 7.19. The van der Waals surface area contributed by atoms with Crippen molar-refractivity contribution >= 4 is 0 Å². The lowest BCUT2D eigenvalue weighted by molar-refractivity contribution is -0.325. The van der Waals surface area contributed by atoms with Crippen LogP contribution in [-0.2, 0) is 4.74 Å². The average Bonchev–Trinajstić information content (AvgIpc) is 1.84. The molecule has 74 valence electrons. The highest BCUT2D eigenvalue weighted by Crippen LogP contribution is 2.16. The number of ether oxygens (including phenoxy) is 1. The van der Waals surface area contributed by atoms with Crippen molar-refractivity contribution in [3.8, 4) is 0 Å². The van der Waals surface area contributed by atoms with Gasteiger partial charge in [-0.15, -0.1) is 13.2 Å². The van der Waals surface area contributed by atoms with Gasteiger partial charge in [-0.05, 0) is 12.3 Å². The molecule has 0 amide bonds. The highest BCUT2D eigenvalue weighted by molar-refractivity contribution is 4.64. The molecule has 0 heterocycles. The number of rotatable bonds is 4. The van der Waals surface area contributed by atoms with Crippen LogP contribution in [0.5, 0.6) is 0 Å². The van der Waals surface area contributed by atoms with Crippen molar-refractivity contribution in [2.45, 2.75) is 32.7 Å². The molecule has 1 unspecified atom stereocenters. The molecule has 0 saturated carbocycles. The summed E-state index contributed by atoms with van der Waals surface area (Å²) in [5, 5.41) is 0. The molecule has 0 aromatic carbocycles. The largest absolute Gasteiger partial charge is 0.522 e. The van der Waals surface area contributed by atoms with E-state index in [4.69, 9.17) is 5.73 Å². The van der Waals surface area contributed by atoms with Crippen LogP contribution in [0.1, 0.15) is 20.3 Å². The monoisotopic (exact) mass is 185 g/mol. The van der Waals surface area contributed by atoms with Crippen molar-refractivity contribution < 1.29 is 17.9 Å². The lowest BCUT2D eigenvalue weighted by Crippen LogP contribution is -2.29. The van der Waals surface area contributed by atoms with E-state index >= 15 is 0 Å². The molecule has 12 heavy (non-hydrogen) atoms. The fraction of sp³-hybridized carbons (Fsp3) is 1.00. The molecule has 2 nitrogen and oxygen atoms in total. The van der Waals surface area contributed by atoms with Crippen LogP contribution in [-0.4, -0.2) is 19.0 Å². The van der Waals surface area contributed by atoms with Gasteiger partial charge in [-0.1, -0.05) is 13.8 Å². The Bertz CT molecular complexity index is 124. The van der Waals surface area contributed by atoms with E-state index in [0.717, 1.165) is 0 Å². The van der Waals surface area contributed by atoms with E-state index in [-0.39, 0.29) is 25.0 Å². The van der Waals surface area contributed by atoms with Crippen LogP contribution in [0.4, 0.5) is 13.2 Å². The molecule has 0 bridgehead atoms. The lowest BCUT2D eigenvalue weighted by atomic mass is 10.0. The third kappa shape index (κ3) is 6.42. The molecule has 0 aliphatic carbocycles. The van der Waals surface area contributed by atoms with Crippen LogP contribution in [0, 0.1) is 5.92 Å². The molecular weight excluding hydrogens is 171 g/mol. The number of halogens is 3. The maximum Gasteiger partial charge on any atom is 0.522 e. The number of hydrogen-bond acceptors (Lipinski definition) is 2. The van der Waals surface area contributed by atoms with Crippen LogP contribution in [0.25, 0.3) is 0 Å². The molecule has 0 aromatic rings. The van der Waals surface area contributed by atoms with Gasteiger partial charge in [0, 0.05) is 6.04 Å². The first-order valence-corrected chi connectivity index (χ1v) is 3.79. The van der Waals surface area contributed by atoms with Crippen LogP contribution < -0.4 is 5.73 Å². The molecule has 0 rings (SSSR count). The summed E-state index contributed by atoms with van der Waals surface area (Å²) in [7, 11) is 0. The molecule has 0 radical (unpaired) electrons. The first kappa shape index (κ1) is 11.7. The molecule has 0 aliphatic rings. The molecular formula is C7H14F3NO. The second kappa shape index (κ2) is 4.67. The Hall–Kier alpha value is -0.290. The molecule has 0 saturated heterocycles. The highest BCUT2D eigenvalue weighted by Gasteiger charge is 2.28. The third-order valence-electron chi connectivity index (χ3n) is 1.57. The van der Waals surface area contributed by atoms with E-state index in [1.54, 1.807) is 0 Å². The van der Waals surface area contributed by atoms with Gasteiger partial charge in [-0.2, -0.15) is 0 Å². The van der Waals surface area contributed by atoms with Gasteiger partial charge in [-0.3, -0.25) is 4.74 Å². The van der Waals surface area contributed by atoms with E-state index in [2.05, 4.69) is 4.74 Å². The SMILES string of the molecule is CC(C)C(N)CCOC(F)(F)F. The summed E-state index contributed by atoms with van der Waals surface area (Å²) in [5.41, 5.74) is 5.50. The highest BCUT2D eigenvalue weighted by atomic mass is 19.4. The van der Waals surface area contributed by atoms with Gasteiger partial charge in [0.25, 0.3) is 0 Å². The quantitative estimate of drug-likeness (QED) is 0.725. The van der Waals surface area contributed by atoms with Crippen LogP contribution in [0.3, 0.4) is 0 Å². The summed E-state index contributed by atoms with van der Waals surface area (Å²) in [6.45, 7) is 3.36. The molecule has 0 aliphatic heterocycles. The van der Waals surface area contributed by atoms with Gasteiger partial charge in [0.05, 0.1) is 6.61 Å². The Kier molecular flexibility index (Phi) is 4.55. The van der Waals surface area contributed by atoms with Gasteiger partial charge in [0.15, 0.2) is 0 Å². The predicted molar refractivity (Wildman–Crippen MR) is 39.4 cm³/mol. The smallest absolute Gasteiger partial charge is 0.327 e.